The van der Waals surface area contributed by atoms with Gasteiger partial charge in [-0.1, -0.05) is 23.4 Å². The van der Waals surface area contributed by atoms with Gasteiger partial charge in [0.2, 0.25) is 5.91 Å². The lowest BCUT2D eigenvalue weighted by Gasteiger charge is -2.13. The molecule has 0 radical (unpaired) electrons. The van der Waals surface area contributed by atoms with Crippen molar-refractivity contribution in [2.75, 3.05) is 5.32 Å². The maximum absolute atomic E-state index is 13.1. The molecule has 0 saturated carbocycles. The average Bonchev–Trinajstić information content (AvgIpc) is 3.23. The number of anilines is 1. The maximum atomic E-state index is 13.1. The summed E-state index contributed by atoms with van der Waals surface area (Å²) in [5, 5.41) is 12.3. The van der Waals surface area contributed by atoms with Gasteiger partial charge in [-0.05, 0) is 67.6 Å². The van der Waals surface area contributed by atoms with Crippen LogP contribution in [0.25, 0.3) is 17.1 Å². The summed E-state index contributed by atoms with van der Waals surface area (Å²) in [6.45, 7) is 3.27. The van der Waals surface area contributed by atoms with Crippen molar-refractivity contribution in [2.45, 2.75) is 24.3 Å². The molecular weight excluding hydrogens is 458 g/mol. The van der Waals surface area contributed by atoms with Gasteiger partial charge >= 0.3 is 0 Å². The number of pyridine rings is 1. The first-order chi connectivity index (χ1) is 15.9. The van der Waals surface area contributed by atoms with Gasteiger partial charge in [-0.3, -0.25) is 19.1 Å². The van der Waals surface area contributed by atoms with Crippen molar-refractivity contribution in [2.24, 2.45) is 0 Å². The molecule has 1 amide bonds. The number of aromatic nitrogens is 4. The summed E-state index contributed by atoms with van der Waals surface area (Å²) in [7, 11) is 0. The predicted octanol–water partition coefficient (Wildman–Crippen LogP) is 5.30. The summed E-state index contributed by atoms with van der Waals surface area (Å²) < 4.78 is 1.90. The second-order valence-corrected chi connectivity index (χ2v) is 8.98. The minimum atomic E-state index is -0.419. The molecule has 0 aliphatic rings. The molecule has 2 aromatic heterocycles. The van der Waals surface area contributed by atoms with E-state index < -0.39 is 5.25 Å². The van der Waals surface area contributed by atoms with Crippen LogP contribution < -0.4 is 5.32 Å². The van der Waals surface area contributed by atoms with Crippen molar-refractivity contribution >= 4 is 40.7 Å². The van der Waals surface area contributed by atoms with Crippen LogP contribution in [0.2, 0.25) is 5.02 Å². The highest BCUT2D eigenvalue weighted by Gasteiger charge is 2.23. The van der Waals surface area contributed by atoms with Gasteiger partial charge in [-0.25, -0.2) is 0 Å². The first-order valence-electron chi connectivity index (χ1n) is 10.1. The normalized spacial score (nSPS) is 11.7. The molecule has 2 heterocycles. The number of thioether (sulfide) groups is 1. The zero-order chi connectivity index (χ0) is 23.4. The van der Waals surface area contributed by atoms with Crippen molar-refractivity contribution in [1.29, 1.82) is 0 Å². The molecule has 2 aromatic carbocycles. The molecule has 0 aliphatic carbocycles. The summed E-state index contributed by atoms with van der Waals surface area (Å²) in [6.07, 6.45) is 3.39. The molecule has 1 unspecified atom stereocenters. The Bertz CT molecular complexity index is 1270. The SMILES string of the molecule is CC(=O)Nc1ccc(C(=O)C(C)Sc2nnc(-c3ccncc3)n2-c2ccc(Cl)cc2)cc1. The highest BCUT2D eigenvalue weighted by Crippen LogP contribution is 2.31. The Labute approximate surface area is 200 Å². The molecule has 1 atom stereocenters. The fraction of sp³-hybridized carbons (Fsp3) is 0.125. The summed E-state index contributed by atoms with van der Waals surface area (Å²) >= 11 is 7.40. The van der Waals surface area contributed by atoms with E-state index in [9.17, 15) is 9.59 Å². The van der Waals surface area contributed by atoms with E-state index in [1.807, 2.05) is 35.8 Å². The molecule has 0 aliphatic heterocycles. The summed E-state index contributed by atoms with van der Waals surface area (Å²) in [4.78, 5) is 28.3. The molecule has 1 N–H and O–H groups in total. The number of carbonyl (C=O) groups excluding carboxylic acids is 2. The van der Waals surface area contributed by atoms with Gasteiger partial charge in [0.25, 0.3) is 0 Å². The predicted molar refractivity (Wildman–Crippen MR) is 130 cm³/mol. The molecule has 4 aromatic rings. The number of ketones is 1. The third-order valence-electron chi connectivity index (χ3n) is 4.80. The van der Waals surface area contributed by atoms with Gasteiger partial charge in [0.1, 0.15) is 0 Å². The standard InChI is InChI=1S/C24H20ClN5O2S/c1-15(22(32)17-3-7-20(8-4-17)27-16(2)31)33-24-29-28-23(18-11-13-26-14-12-18)30(24)21-9-5-19(25)6-10-21/h3-15H,1-2H3,(H,27,31). The molecule has 9 heteroatoms. The van der Waals surface area contributed by atoms with Crippen molar-refractivity contribution in [3.8, 4) is 17.1 Å². The molecule has 0 bridgehead atoms. The van der Waals surface area contributed by atoms with E-state index in [0.29, 0.717) is 27.3 Å². The van der Waals surface area contributed by atoms with Crippen LogP contribution in [0.5, 0.6) is 0 Å². The second kappa shape index (κ2) is 9.97. The van der Waals surface area contributed by atoms with Gasteiger partial charge in [-0.15, -0.1) is 10.2 Å². The fourth-order valence-electron chi connectivity index (χ4n) is 3.22. The van der Waals surface area contributed by atoms with Gasteiger partial charge < -0.3 is 5.32 Å². The quantitative estimate of drug-likeness (QED) is 0.287. The zero-order valence-corrected chi connectivity index (χ0v) is 19.5. The largest absolute Gasteiger partial charge is 0.326 e. The number of nitrogens with one attached hydrogen (secondary N) is 1. The van der Waals surface area contributed by atoms with Crippen LogP contribution >= 0.6 is 23.4 Å². The maximum Gasteiger partial charge on any atom is 0.221 e. The zero-order valence-electron chi connectivity index (χ0n) is 17.9. The molecule has 0 fully saturated rings. The first kappa shape index (κ1) is 22.7. The van der Waals surface area contributed by atoms with Gasteiger partial charge in [-0.2, -0.15) is 0 Å². The number of hydrogen-bond donors (Lipinski definition) is 1. The van der Waals surface area contributed by atoms with E-state index in [1.54, 1.807) is 48.8 Å². The number of carbonyl (C=O) groups is 2. The minimum absolute atomic E-state index is 0.0505. The van der Waals surface area contributed by atoms with E-state index in [1.165, 1.54) is 18.7 Å². The molecule has 33 heavy (non-hydrogen) atoms. The van der Waals surface area contributed by atoms with Crippen LogP contribution in [0.1, 0.15) is 24.2 Å². The Kier molecular flexibility index (Phi) is 6.86. The number of rotatable bonds is 7. The Morgan fingerprint density at radius 3 is 2.27 bits per heavy atom. The second-order valence-electron chi connectivity index (χ2n) is 7.24. The van der Waals surface area contributed by atoms with E-state index in [0.717, 1.165) is 11.3 Å². The van der Waals surface area contributed by atoms with Crippen molar-refractivity contribution < 1.29 is 9.59 Å². The number of halogens is 1. The van der Waals surface area contributed by atoms with Crippen LogP contribution in [0.3, 0.4) is 0 Å². The third-order valence-corrected chi connectivity index (χ3v) is 6.09. The van der Waals surface area contributed by atoms with Crippen molar-refractivity contribution in [3.05, 3.63) is 83.6 Å². The smallest absolute Gasteiger partial charge is 0.221 e. The topological polar surface area (TPSA) is 89.8 Å². The highest BCUT2D eigenvalue weighted by molar-refractivity contribution is 8.00. The van der Waals surface area contributed by atoms with Crippen LogP contribution in [0.15, 0.2) is 78.2 Å². The Balaban J connectivity index is 1.63. The highest BCUT2D eigenvalue weighted by atomic mass is 35.5. The number of nitrogens with zero attached hydrogens (tertiary/aromatic N) is 4. The van der Waals surface area contributed by atoms with Crippen molar-refractivity contribution in [1.82, 2.24) is 19.7 Å². The molecule has 0 saturated heterocycles. The van der Waals surface area contributed by atoms with E-state index in [4.69, 9.17) is 11.6 Å². The van der Waals surface area contributed by atoms with Gasteiger partial charge in [0.15, 0.2) is 16.8 Å². The Morgan fingerprint density at radius 1 is 0.970 bits per heavy atom. The summed E-state index contributed by atoms with van der Waals surface area (Å²) in [5.74, 6) is 0.427. The van der Waals surface area contributed by atoms with E-state index in [-0.39, 0.29) is 11.7 Å². The van der Waals surface area contributed by atoms with Gasteiger partial charge in [0.05, 0.1) is 5.25 Å². The molecule has 0 spiro atoms. The fourth-order valence-corrected chi connectivity index (χ4v) is 4.30. The summed E-state index contributed by atoms with van der Waals surface area (Å²) in [5.41, 5.74) is 2.88. The number of benzene rings is 2. The van der Waals surface area contributed by atoms with Crippen LogP contribution in [0.4, 0.5) is 5.69 Å². The van der Waals surface area contributed by atoms with E-state index >= 15 is 0 Å². The monoisotopic (exact) mass is 477 g/mol. The molecular formula is C24H20ClN5O2S. The van der Waals surface area contributed by atoms with Crippen LogP contribution in [0, 0.1) is 0 Å². The molecule has 4 rings (SSSR count). The minimum Gasteiger partial charge on any atom is -0.326 e. The lowest BCUT2D eigenvalue weighted by atomic mass is 10.1. The third kappa shape index (κ3) is 5.30. The molecule has 7 nitrogen and oxygen atoms in total. The van der Waals surface area contributed by atoms with Gasteiger partial charge in [0, 0.05) is 46.8 Å². The number of hydrogen-bond acceptors (Lipinski definition) is 6. The number of amides is 1. The van der Waals surface area contributed by atoms with Crippen molar-refractivity contribution in [3.63, 3.8) is 0 Å². The van der Waals surface area contributed by atoms with Crippen LogP contribution in [-0.2, 0) is 4.79 Å². The Hall–Kier alpha value is -3.49. The van der Waals surface area contributed by atoms with E-state index in [2.05, 4.69) is 20.5 Å². The first-order valence-corrected chi connectivity index (χ1v) is 11.4. The summed E-state index contributed by atoms with van der Waals surface area (Å²) in [6, 6.07) is 17.9. The lowest BCUT2D eigenvalue weighted by Crippen LogP contribution is -2.15. The van der Waals surface area contributed by atoms with Crippen LogP contribution in [-0.4, -0.2) is 36.7 Å². The Morgan fingerprint density at radius 2 is 1.64 bits per heavy atom. The average molecular weight is 478 g/mol. The molecule has 166 valence electrons. The lowest BCUT2D eigenvalue weighted by molar-refractivity contribution is -0.114. The number of Topliss-reactive ketones (excluding diaryl/α,β-unsaturated/α-hetero) is 1.